The van der Waals surface area contributed by atoms with Crippen LogP contribution in [0, 0.1) is 12.6 Å². The van der Waals surface area contributed by atoms with Crippen LogP contribution in [0.25, 0.3) is 0 Å². The van der Waals surface area contributed by atoms with Crippen molar-refractivity contribution in [2.45, 2.75) is 19.3 Å². The van der Waals surface area contributed by atoms with Crippen molar-refractivity contribution < 1.29 is 0 Å². The zero-order valence-electron chi connectivity index (χ0n) is 7.28. The molecule has 1 heterocycles. The van der Waals surface area contributed by atoms with Gasteiger partial charge in [0.2, 0.25) is 0 Å². The van der Waals surface area contributed by atoms with Crippen LogP contribution >= 0.6 is 12.6 Å². The zero-order chi connectivity index (χ0) is 8.43. The van der Waals surface area contributed by atoms with Crippen LogP contribution < -0.4 is 5.43 Å². The van der Waals surface area contributed by atoms with Crippen LogP contribution in [0.3, 0.4) is 0 Å². The molecule has 1 N–H and O–H groups in total. The summed E-state index contributed by atoms with van der Waals surface area (Å²) in [6, 6.07) is 0. The molecule has 0 spiro atoms. The first-order valence-electron chi connectivity index (χ1n) is 3.87. The smallest absolute Gasteiger partial charge is 0.119 e. The van der Waals surface area contributed by atoms with Gasteiger partial charge >= 0.3 is 0 Å². The van der Waals surface area contributed by atoms with E-state index < -0.39 is 0 Å². The predicted octanol–water partition coefficient (Wildman–Crippen LogP) is 0.727. The average molecular weight is 174 g/mol. The number of thiol groups is 1. The van der Waals surface area contributed by atoms with E-state index >= 15 is 0 Å². The summed E-state index contributed by atoms with van der Waals surface area (Å²) in [5, 5.41) is 1.93. The number of hydrazine groups is 1. The first-order chi connectivity index (χ1) is 5.09. The average Bonchev–Trinajstić information content (AvgIpc) is 2.09. The molecular formula is C7H16N3S. The van der Waals surface area contributed by atoms with Crippen LogP contribution in [-0.4, -0.2) is 29.0 Å². The Morgan fingerprint density at radius 2 is 2.27 bits per heavy atom. The fourth-order valence-corrected chi connectivity index (χ4v) is 1.48. The summed E-state index contributed by atoms with van der Waals surface area (Å²) in [6.07, 6.45) is 0. The molecule has 11 heavy (non-hydrogen) atoms. The van der Waals surface area contributed by atoms with Crippen molar-refractivity contribution >= 4 is 12.6 Å². The third kappa shape index (κ3) is 2.63. The van der Waals surface area contributed by atoms with E-state index in [0.717, 1.165) is 6.54 Å². The molecule has 1 rings (SSSR count). The summed E-state index contributed by atoms with van der Waals surface area (Å²) in [5.74, 6) is 0.675. The quantitative estimate of drug-likeness (QED) is 0.602. The van der Waals surface area contributed by atoms with Crippen molar-refractivity contribution in [3.8, 4) is 0 Å². The minimum atomic E-state index is 0.141. The molecule has 3 nitrogen and oxygen atoms in total. The van der Waals surface area contributed by atoms with Crippen LogP contribution in [0.15, 0.2) is 0 Å². The zero-order valence-corrected chi connectivity index (χ0v) is 8.18. The highest BCUT2D eigenvalue weighted by Crippen LogP contribution is 2.14. The highest BCUT2D eigenvalue weighted by atomic mass is 32.1. The van der Waals surface area contributed by atoms with Crippen molar-refractivity contribution in [2.75, 3.05) is 13.6 Å². The molecule has 0 aromatic carbocycles. The Morgan fingerprint density at radius 1 is 1.64 bits per heavy atom. The third-order valence-electron chi connectivity index (χ3n) is 1.53. The molecule has 1 aliphatic heterocycles. The van der Waals surface area contributed by atoms with Crippen LogP contribution in [0.5, 0.6) is 0 Å². The van der Waals surface area contributed by atoms with Crippen LogP contribution in [0.1, 0.15) is 13.8 Å². The largest absolute Gasteiger partial charge is 0.259 e. The summed E-state index contributed by atoms with van der Waals surface area (Å²) in [6.45, 7) is 7.49. The van der Waals surface area contributed by atoms with Gasteiger partial charge in [0.05, 0.1) is 0 Å². The van der Waals surface area contributed by atoms with Gasteiger partial charge in [-0.25, -0.2) is 10.4 Å². The van der Waals surface area contributed by atoms with E-state index in [1.165, 1.54) is 0 Å². The van der Waals surface area contributed by atoms with Gasteiger partial charge in [0.1, 0.15) is 12.2 Å². The fourth-order valence-electron chi connectivity index (χ4n) is 1.14. The molecule has 1 unspecified atom stereocenters. The minimum absolute atomic E-state index is 0.141. The molecule has 1 fully saturated rings. The number of nitrogens with one attached hydrogen (secondary N) is 1. The standard InChI is InChI=1S/C7H16N3S/c1-6(2)4-10-5-9(3)8-7(10)11/h5-8,11H,4H2,1-3H3. The molecule has 0 aromatic heterocycles. The maximum Gasteiger partial charge on any atom is 0.119 e. The topological polar surface area (TPSA) is 18.5 Å². The predicted molar refractivity (Wildman–Crippen MR) is 49.5 cm³/mol. The molecule has 0 saturated carbocycles. The summed E-state index contributed by atoms with van der Waals surface area (Å²) < 4.78 is 0. The van der Waals surface area contributed by atoms with Gasteiger partial charge in [-0.1, -0.05) is 13.8 Å². The lowest BCUT2D eigenvalue weighted by molar-refractivity contribution is 0.304. The molecule has 65 valence electrons. The maximum absolute atomic E-state index is 4.36. The Bertz CT molecular complexity index is 129. The van der Waals surface area contributed by atoms with E-state index in [4.69, 9.17) is 0 Å². The lowest BCUT2D eigenvalue weighted by atomic mass is 10.2. The van der Waals surface area contributed by atoms with Crippen molar-refractivity contribution in [2.24, 2.45) is 5.92 Å². The molecule has 4 heteroatoms. The van der Waals surface area contributed by atoms with Gasteiger partial charge in [-0.3, -0.25) is 4.90 Å². The first-order valence-corrected chi connectivity index (χ1v) is 4.39. The molecule has 0 aliphatic carbocycles. The lowest BCUT2D eigenvalue weighted by Gasteiger charge is -2.19. The van der Waals surface area contributed by atoms with E-state index in [-0.39, 0.29) is 5.50 Å². The number of nitrogens with zero attached hydrogens (tertiary/aromatic N) is 2. The Kier molecular flexibility index (Phi) is 3.18. The van der Waals surface area contributed by atoms with Gasteiger partial charge in [-0.15, -0.1) is 12.6 Å². The third-order valence-corrected chi connectivity index (χ3v) is 1.94. The molecule has 1 atom stereocenters. The number of rotatable bonds is 2. The summed E-state index contributed by atoms with van der Waals surface area (Å²) in [4.78, 5) is 2.17. The molecule has 1 saturated heterocycles. The van der Waals surface area contributed by atoms with Gasteiger partial charge in [-0.2, -0.15) is 0 Å². The number of hydrogen-bond acceptors (Lipinski definition) is 4. The van der Waals surface area contributed by atoms with Crippen molar-refractivity contribution in [1.29, 1.82) is 0 Å². The van der Waals surface area contributed by atoms with Gasteiger partial charge in [0.25, 0.3) is 0 Å². The molecule has 0 aromatic rings. The van der Waals surface area contributed by atoms with Crippen molar-refractivity contribution in [1.82, 2.24) is 15.3 Å². The van der Waals surface area contributed by atoms with Crippen molar-refractivity contribution in [3.05, 3.63) is 6.67 Å². The normalized spacial score (nSPS) is 28.6. The Hall–Kier alpha value is 0.230. The number of hydrogen-bond donors (Lipinski definition) is 2. The van der Waals surface area contributed by atoms with E-state index in [2.05, 4.69) is 36.8 Å². The van der Waals surface area contributed by atoms with Crippen LogP contribution in [-0.2, 0) is 0 Å². The Morgan fingerprint density at radius 3 is 2.64 bits per heavy atom. The van der Waals surface area contributed by atoms with Gasteiger partial charge < -0.3 is 0 Å². The summed E-state index contributed by atoms with van der Waals surface area (Å²) in [5.41, 5.74) is 3.28. The summed E-state index contributed by atoms with van der Waals surface area (Å²) >= 11 is 4.36. The second-order valence-electron chi connectivity index (χ2n) is 3.32. The Labute approximate surface area is 74.1 Å². The molecule has 0 bridgehead atoms. The summed E-state index contributed by atoms with van der Waals surface area (Å²) in [7, 11) is 1.98. The van der Waals surface area contributed by atoms with Crippen LogP contribution in [0.2, 0.25) is 0 Å². The van der Waals surface area contributed by atoms with E-state index in [1.54, 1.807) is 0 Å². The van der Waals surface area contributed by atoms with Gasteiger partial charge in [-0.05, 0) is 5.92 Å². The molecular weight excluding hydrogens is 158 g/mol. The first kappa shape index (κ1) is 9.32. The van der Waals surface area contributed by atoms with E-state index in [1.807, 2.05) is 18.7 Å². The van der Waals surface area contributed by atoms with E-state index in [0.29, 0.717) is 5.92 Å². The highest BCUT2D eigenvalue weighted by Gasteiger charge is 2.25. The van der Waals surface area contributed by atoms with Gasteiger partial charge in [0, 0.05) is 13.6 Å². The maximum atomic E-state index is 4.36. The fraction of sp³-hybridized carbons (Fsp3) is 0.857. The lowest BCUT2D eigenvalue weighted by Crippen LogP contribution is -2.33. The van der Waals surface area contributed by atoms with Crippen molar-refractivity contribution in [3.63, 3.8) is 0 Å². The molecule has 0 amide bonds. The second-order valence-corrected chi connectivity index (χ2v) is 3.81. The van der Waals surface area contributed by atoms with E-state index in [9.17, 15) is 0 Å². The minimum Gasteiger partial charge on any atom is -0.259 e. The van der Waals surface area contributed by atoms with Gasteiger partial charge in [0.15, 0.2) is 0 Å². The second kappa shape index (κ2) is 3.76. The Balaban J connectivity index is 2.34. The van der Waals surface area contributed by atoms with Crippen LogP contribution in [0.4, 0.5) is 0 Å². The molecule has 1 aliphatic rings. The monoisotopic (exact) mass is 174 g/mol. The SMILES string of the molecule is CC(C)CN1[CH]N(C)NC1S. The highest BCUT2D eigenvalue weighted by molar-refractivity contribution is 7.80. The molecule has 1 radical (unpaired) electrons.